The Morgan fingerprint density at radius 3 is 2.33 bits per heavy atom. The van der Waals surface area contributed by atoms with Gasteiger partial charge in [0, 0.05) is 11.6 Å². The van der Waals surface area contributed by atoms with E-state index in [1.807, 2.05) is 24.3 Å². The molecule has 18 heavy (non-hydrogen) atoms. The minimum absolute atomic E-state index is 0.00912. The SMILES string of the molecule is CCC(NC(=O)c1ccc(CCN)cc1)C(C)C. The number of rotatable bonds is 6. The lowest BCUT2D eigenvalue weighted by molar-refractivity contribution is 0.0924. The Balaban J connectivity index is 2.66. The summed E-state index contributed by atoms with van der Waals surface area (Å²) < 4.78 is 0. The molecule has 1 rings (SSSR count). The van der Waals surface area contributed by atoms with Crippen LogP contribution >= 0.6 is 0 Å². The van der Waals surface area contributed by atoms with Crippen molar-refractivity contribution in [3.63, 3.8) is 0 Å². The zero-order valence-electron chi connectivity index (χ0n) is 11.6. The Labute approximate surface area is 110 Å². The zero-order valence-corrected chi connectivity index (χ0v) is 11.6. The molecule has 0 heterocycles. The van der Waals surface area contributed by atoms with E-state index < -0.39 is 0 Å². The van der Waals surface area contributed by atoms with Crippen LogP contribution < -0.4 is 11.1 Å². The van der Waals surface area contributed by atoms with Gasteiger partial charge >= 0.3 is 0 Å². The van der Waals surface area contributed by atoms with Crippen molar-refractivity contribution in [2.45, 2.75) is 39.7 Å². The fraction of sp³-hybridized carbons (Fsp3) is 0.533. The first-order valence-electron chi connectivity index (χ1n) is 6.68. The van der Waals surface area contributed by atoms with Crippen molar-refractivity contribution in [2.75, 3.05) is 6.54 Å². The monoisotopic (exact) mass is 248 g/mol. The molecule has 0 bridgehead atoms. The molecular weight excluding hydrogens is 224 g/mol. The molecule has 3 N–H and O–H groups in total. The zero-order chi connectivity index (χ0) is 13.5. The number of nitrogens with one attached hydrogen (secondary N) is 1. The summed E-state index contributed by atoms with van der Waals surface area (Å²) in [5.41, 5.74) is 7.39. The van der Waals surface area contributed by atoms with E-state index >= 15 is 0 Å². The second-order valence-electron chi connectivity index (χ2n) is 4.97. The molecule has 0 saturated carbocycles. The van der Waals surface area contributed by atoms with Gasteiger partial charge in [-0.3, -0.25) is 4.79 Å². The van der Waals surface area contributed by atoms with Gasteiger partial charge in [-0.2, -0.15) is 0 Å². The average molecular weight is 248 g/mol. The van der Waals surface area contributed by atoms with E-state index in [0.717, 1.165) is 18.4 Å². The van der Waals surface area contributed by atoms with E-state index in [4.69, 9.17) is 5.73 Å². The van der Waals surface area contributed by atoms with Crippen LogP contribution in [0.5, 0.6) is 0 Å². The molecule has 1 amide bonds. The Hall–Kier alpha value is -1.35. The second-order valence-corrected chi connectivity index (χ2v) is 4.97. The predicted octanol–water partition coefficient (Wildman–Crippen LogP) is 2.35. The van der Waals surface area contributed by atoms with Gasteiger partial charge in [0.2, 0.25) is 0 Å². The fourth-order valence-electron chi connectivity index (χ4n) is 1.98. The summed E-state index contributed by atoms with van der Waals surface area (Å²) in [4.78, 5) is 12.1. The van der Waals surface area contributed by atoms with E-state index in [9.17, 15) is 4.79 Å². The molecule has 0 aliphatic carbocycles. The number of amides is 1. The highest BCUT2D eigenvalue weighted by Gasteiger charge is 2.14. The van der Waals surface area contributed by atoms with Crippen LogP contribution in [0.15, 0.2) is 24.3 Å². The largest absolute Gasteiger partial charge is 0.349 e. The molecule has 0 saturated heterocycles. The number of carbonyl (C=O) groups is 1. The number of hydrogen-bond donors (Lipinski definition) is 2. The molecule has 0 radical (unpaired) electrons. The van der Waals surface area contributed by atoms with Crippen LogP contribution in [-0.4, -0.2) is 18.5 Å². The van der Waals surface area contributed by atoms with E-state index in [1.54, 1.807) is 0 Å². The molecule has 1 aromatic carbocycles. The molecule has 1 unspecified atom stereocenters. The van der Waals surface area contributed by atoms with Gasteiger partial charge in [0.1, 0.15) is 0 Å². The molecule has 0 aliphatic heterocycles. The Morgan fingerprint density at radius 1 is 1.28 bits per heavy atom. The number of benzene rings is 1. The second kappa shape index (κ2) is 7.17. The minimum atomic E-state index is 0.00912. The maximum Gasteiger partial charge on any atom is 0.251 e. The van der Waals surface area contributed by atoms with Crippen LogP contribution in [0, 0.1) is 5.92 Å². The Bertz CT molecular complexity index is 371. The lowest BCUT2D eigenvalue weighted by atomic mass is 10.0. The molecule has 1 atom stereocenters. The third-order valence-electron chi connectivity index (χ3n) is 3.21. The van der Waals surface area contributed by atoms with Crippen molar-refractivity contribution in [1.82, 2.24) is 5.32 Å². The smallest absolute Gasteiger partial charge is 0.251 e. The van der Waals surface area contributed by atoms with Crippen LogP contribution in [-0.2, 0) is 6.42 Å². The van der Waals surface area contributed by atoms with Crippen molar-refractivity contribution in [3.05, 3.63) is 35.4 Å². The van der Waals surface area contributed by atoms with Crippen molar-refractivity contribution in [2.24, 2.45) is 11.7 Å². The Morgan fingerprint density at radius 2 is 1.89 bits per heavy atom. The van der Waals surface area contributed by atoms with Crippen LogP contribution in [0.1, 0.15) is 43.1 Å². The highest BCUT2D eigenvalue weighted by molar-refractivity contribution is 5.94. The molecule has 0 fully saturated rings. The maximum absolute atomic E-state index is 12.1. The summed E-state index contributed by atoms with van der Waals surface area (Å²) >= 11 is 0. The average Bonchev–Trinajstić information content (AvgIpc) is 2.36. The first kappa shape index (κ1) is 14.7. The summed E-state index contributed by atoms with van der Waals surface area (Å²) in [5.74, 6) is 0.463. The van der Waals surface area contributed by atoms with Gasteiger partial charge in [-0.1, -0.05) is 32.9 Å². The molecule has 3 heteroatoms. The predicted molar refractivity (Wildman–Crippen MR) is 75.6 cm³/mol. The van der Waals surface area contributed by atoms with Crippen molar-refractivity contribution in [1.29, 1.82) is 0 Å². The highest BCUT2D eigenvalue weighted by Crippen LogP contribution is 2.09. The normalized spacial score (nSPS) is 12.5. The molecule has 0 aromatic heterocycles. The van der Waals surface area contributed by atoms with Crippen LogP contribution in [0.3, 0.4) is 0 Å². The van der Waals surface area contributed by atoms with Gasteiger partial charge < -0.3 is 11.1 Å². The van der Waals surface area contributed by atoms with Crippen molar-refractivity contribution < 1.29 is 4.79 Å². The summed E-state index contributed by atoms with van der Waals surface area (Å²) in [7, 11) is 0. The van der Waals surface area contributed by atoms with Gasteiger partial charge in [-0.05, 0) is 43.0 Å². The number of carbonyl (C=O) groups excluding carboxylic acids is 1. The lowest BCUT2D eigenvalue weighted by Crippen LogP contribution is -2.37. The lowest BCUT2D eigenvalue weighted by Gasteiger charge is -2.20. The first-order valence-corrected chi connectivity index (χ1v) is 6.68. The molecule has 0 spiro atoms. The van der Waals surface area contributed by atoms with Gasteiger partial charge in [0.15, 0.2) is 0 Å². The maximum atomic E-state index is 12.1. The van der Waals surface area contributed by atoms with Gasteiger partial charge in [-0.15, -0.1) is 0 Å². The van der Waals surface area contributed by atoms with Gasteiger partial charge in [0.05, 0.1) is 0 Å². The Kier molecular flexibility index (Phi) is 5.86. The van der Waals surface area contributed by atoms with Crippen molar-refractivity contribution >= 4 is 5.91 Å². The summed E-state index contributed by atoms with van der Waals surface area (Å²) in [6, 6.07) is 7.91. The van der Waals surface area contributed by atoms with E-state index in [0.29, 0.717) is 12.5 Å². The van der Waals surface area contributed by atoms with E-state index in [1.165, 1.54) is 5.56 Å². The molecule has 1 aromatic rings. The topological polar surface area (TPSA) is 55.1 Å². The summed E-state index contributed by atoms with van der Waals surface area (Å²) in [6.45, 7) is 6.98. The van der Waals surface area contributed by atoms with Gasteiger partial charge in [-0.25, -0.2) is 0 Å². The number of nitrogens with two attached hydrogens (primary N) is 1. The molecule has 3 nitrogen and oxygen atoms in total. The van der Waals surface area contributed by atoms with E-state index in [2.05, 4.69) is 26.1 Å². The van der Waals surface area contributed by atoms with Crippen LogP contribution in [0.4, 0.5) is 0 Å². The molecule has 0 aliphatic rings. The van der Waals surface area contributed by atoms with E-state index in [-0.39, 0.29) is 11.9 Å². The van der Waals surface area contributed by atoms with Gasteiger partial charge in [0.25, 0.3) is 5.91 Å². The third-order valence-corrected chi connectivity index (χ3v) is 3.21. The quantitative estimate of drug-likeness (QED) is 0.812. The number of hydrogen-bond acceptors (Lipinski definition) is 2. The van der Waals surface area contributed by atoms with Crippen LogP contribution in [0.2, 0.25) is 0 Å². The summed E-state index contributed by atoms with van der Waals surface area (Å²) in [5, 5.41) is 3.07. The van der Waals surface area contributed by atoms with Crippen LogP contribution in [0.25, 0.3) is 0 Å². The highest BCUT2D eigenvalue weighted by atomic mass is 16.1. The fourth-order valence-corrected chi connectivity index (χ4v) is 1.98. The summed E-state index contributed by atoms with van der Waals surface area (Å²) in [6.07, 6.45) is 1.81. The molecule has 100 valence electrons. The minimum Gasteiger partial charge on any atom is -0.349 e. The molecular formula is C15H24N2O. The first-order chi connectivity index (χ1) is 8.58. The van der Waals surface area contributed by atoms with Crippen molar-refractivity contribution in [3.8, 4) is 0 Å². The third kappa shape index (κ3) is 4.15. The standard InChI is InChI=1S/C15H24N2O/c1-4-14(11(2)3)17-15(18)13-7-5-12(6-8-13)9-10-16/h5-8,11,14H,4,9-10,16H2,1-3H3,(H,17,18).